The van der Waals surface area contributed by atoms with Gasteiger partial charge in [-0.3, -0.25) is 0 Å². The minimum Gasteiger partial charge on any atom is -0.492 e. The molecule has 2 rings (SSSR count). The Bertz CT molecular complexity index is 462. The molecule has 0 radical (unpaired) electrons. The van der Waals surface area contributed by atoms with E-state index in [1.807, 2.05) is 19.1 Å². The number of hydrogen-bond acceptors (Lipinski definition) is 2. The largest absolute Gasteiger partial charge is 0.492 e. The minimum atomic E-state index is 0.691. The van der Waals surface area contributed by atoms with E-state index in [1.165, 1.54) is 10.9 Å². The second-order valence-corrected chi connectivity index (χ2v) is 3.82. The van der Waals surface area contributed by atoms with E-state index >= 15 is 0 Å². The van der Waals surface area contributed by atoms with Crippen molar-refractivity contribution in [3.8, 4) is 5.75 Å². The fourth-order valence-electron chi connectivity index (χ4n) is 1.96. The zero-order valence-corrected chi connectivity index (χ0v) is 9.62. The van der Waals surface area contributed by atoms with Crippen LogP contribution in [0.5, 0.6) is 5.75 Å². The molecule has 2 aromatic rings. The van der Waals surface area contributed by atoms with E-state index in [0.717, 1.165) is 30.7 Å². The lowest BCUT2D eigenvalue weighted by Gasteiger charge is -2.04. The molecule has 3 N–H and O–H groups in total. The first-order chi connectivity index (χ1) is 7.86. The van der Waals surface area contributed by atoms with Gasteiger partial charge in [0.1, 0.15) is 5.75 Å². The Kier molecular flexibility index (Phi) is 3.47. The van der Waals surface area contributed by atoms with E-state index in [-0.39, 0.29) is 0 Å². The fourth-order valence-corrected chi connectivity index (χ4v) is 1.96. The summed E-state index contributed by atoms with van der Waals surface area (Å²) in [5.41, 5.74) is 7.95. The molecule has 0 unspecified atom stereocenters. The van der Waals surface area contributed by atoms with Gasteiger partial charge in [0.25, 0.3) is 0 Å². The third-order valence-electron chi connectivity index (χ3n) is 2.71. The van der Waals surface area contributed by atoms with Gasteiger partial charge in [-0.1, -0.05) is 12.1 Å². The van der Waals surface area contributed by atoms with Gasteiger partial charge in [0, 0.05) is 11.6 Å². The van der Waals surface area contributed by atoms with Crippen LogP contribution in [0.3, 0.4) is 0 Å². The molecule has 16 heavy (non-hydrogen) atoms. The van der Waals surface area contributed by atoms with E-state index < -0.39 is 0 Å². The maximum Gasteiger partial charge on any atom is 0.143 e. The molecule has 0 aliphatic carbocycles. The van der Waals surface area contributed by atoms with Gasteiger partial charge in [0.05, 0.1) is 12.1 Å². The summed E-state index contributed by atoms with van der Waals surface area (Å²) in [6.45, 7) is 3.42. The molecule has 0 saturated carbocycles. The van der Waals surface area contributed by atoms with E-state index in [1.54, 1.807) is 0 Å². The van der Waals surface area contributed by atoms with E-state index in [0.29, 0.717) is 6.61 Å². The third-order valence-corrected chi connectivity index (χ3v) is 2.71. The first-order valence-electron chi connectivity index (χ1n) is 5.78. The van der Waals surface area contributed by atoms with Gasteiger partial charge < -0.3 is 15.5 Å². The molecule has 0 aliphatic heterocycles. The normalized spacial score (nSPS) is 10.9. The highest BCUT2D eigenvalue weighted by atomic mass is 16.5. The summed E-state index contributed by atoms with van der Waals surface area (Å²) in [6, 6.07) is 6.16. The number of ether oxygens (including phenoxy) is 1. The monoisotopic (exact) mass is 218 g/mol. The number of nitrogens with two attached hydrogens (primary N) is 1. The number of H-pyrrole nitrogens is 1. The van der Waals surface area contributed by atoms with Crippen molar-refractivity contribution in [3.05, 3.63) is 30.0 Å². The number of aromatic nitrogens is 1. The van der Waals surface area contributed by atoms with Gasteiger partial charge in [-0.2, -0.15) is 0 Å². The van der Waals surface area contributed by atoms with Crippen LogP contribution in [-0.2, 0) is 6.42 Å². The number of fused-ring (bicyclic) bond motifs is 1. The Labute approximate surface area is 95.6 Å². The smallest absolute Gasteiger partial charge is 0.143 e. The summed E-state index contributed by atoms with van der Waals surface area (Å²) in [5.74, 6) is 0.930. The topological polar surface area (TPSA) is 51.0 Å². The Hall–Kier alpha value is -1.48. The molecule has 0 amide bonds. The van der Waals surface area contributed by atoms with Crippen molar-refractivity contribution >= 4 is 10.9 Å². The number of hydrogen-bond donors (Lipinski definition) is 2. The van der Waals surface area contributed by atoms with Crippen LogP contribution in [-0.4, -0.2) is 18.1 Å². The molecule has 0 saturated heterocycles. The van der Waals surface area contributed by atoms with Crippen molar-refractivity contribution in [3.63, 3.8) is 0 Å². The van der Waals surface area contributed by atoms with Crippen molar-refractivity contribution in [2.75, 3.05) is 13.2 Å². The summed E-state index contributed by atoms with van der Waals surface area (Å²) < 4.78 is 5.58. The quantitative estimate of drug-likeness (QED) is 0.810. The molecule has 0 aliphatic rings. The van der Waals surface area contributed by atoms with Crippen LogP contribution >= 0.6 is 0 Å². The average molecular weight is 218 g/mol. The SMILES string of the molecule is CCOc1cccc2c(CCCN)c[nH]c12. The van der Waals surface area contributed by atoms with Gasteiger partial charge in [-0.05, 0) is 37.9 Å². The maximum atomic E-state index is 5.58. The average Bonchev–Trinajstić information content (AvgIpc) is 2.71. The molecular formula is C13H18N2O. The number of benzene rings is 1. The second kappa shape index (κ2) is 5.03. The lowest BCUT2D eigenvalue weighted by atomic mass is 10.1. The Morgan fingerprint density at radius 3 is 3.00 bits per heavy atom. The number of aryl methyl sites for hydroxylation is 1. The van der Waals surface area contributed by atoms with E-state index in [4.69, 9.17) is 10.5 Å². The number of nitrogens with one attached hydrogen (secondary N) is 1. The fraction of sp³-hybridized carbons (Fsp3) is 0.385. The van der Waals surface area contributed by atoms with Crippen LogP contribution in [0, 0.1) is 0 Å². The zero-order chi connectivity index (χ0) is 11.4. The minimum absolute atomic E-state index is 0.691. The molecule has 1 aromatic carbocycles. The summed E-state index contributed by atoms with van der Waals surface area (Å²) in [5, 5.41) is 1.25. The highest BCUT2D eigenvalue weighted by Crippen LogP contribution is 2.27. The Morgan fingerprint density at radius 2 is 2.25 bits per heavy atom. The Balaban J connectivity index is 2.36. The highest BCUT2D eigenvalue weighted by Gasteiger charge is 2.07. The predicted octanol–water partition coefficient (Wildman–Crippen LogP) is 2.46. The molecule has 1 heterocycles. The molecule has 0 fully saturated rings. The van der Waals surface area contributed by atoms with Crippen LogP contribution in [0.25, 0.3) is 10.9 Å². The summed E-state index contributed by atoms with van der Waals surface area (Å²) in [7, 11) is 0. The van der Waals surface area contributed by atoms with E-state index in [2.05, 4.69) is 17.2 Å². The van der Waals surface area contributed by atoms with Gasteiger partial charge in [0.2, 0.25) is 0 Å². The Morgan fingerprint density at radius 1 is 1.38 bits per heavy atom. The van der Waals surface area contributed by atoms with Crippen molar-refractivity contribution in [2.45, 2.75) is 19.8 Å². The number of aromatic amines is 1. The maximum absolute atomic E-state index is 5.58. The lowest BCUT2D eigenvalue weighted by molar-refractivity contribution is 0.344. The summed E-state index contributed by atoms with van der Waals surface area (Å²) in [4.78, 5) is 3.28. The van der Waals surface area contributed by atoms with Crippen molar-refractivity contribution < 1.29 is 4.74 Å². The van der Waals surface area contributed by atoms with Crippen molar-refractivity contribution in [1.82, 2.24) is 4.98 Å². The van der Waals surface area contributed by atoms with Crippen LogP contribution in [0.4, 0.5) is 0 Å². The second-order valence-electron chi connectivity index (χ2n) is 3.82. The van der Waals surface area contributed by atoms with E-state index in [9.17, 15) is 0 Å². The highest BCUT2D eigenvalue weighted by molar-refractivity contribution is 5.88. The molecule has 0 bridgehead atoms. The molecule has 0 spiro atoms. The first-order valence-corrected chi connectivity index (χ1v) is 5.78. The molecule has 1 aromatic heterocycles. The van der Waals surface area contributed by atoms with Gasteiger partial charge in [-0.25, -0.2) is 0 Å². The molecule has 0 atom stereocenters. The van der Waals surface area contributed by atoms with Crippen LogP contribution in [0.2, 0.25) is 0 Å². The predicted molar refractivity (Wildman–Crippen MR) is 66.8 cm³/mol. The number of rotatable bonds is 5. The molecular weight excluding hydrogens is 200 g/mol. The zero-order valence-electron chi connectivity index (χ0n) is 9.62. The van der Waals surface area contributed by atoms with Crippen molar-refractivity contribution in [1.29, 1.82) is 0 Å². The van der Waals surface area contributed by atoms with Crippen LogP contribution in [0.15, 0.2) is 24.4 Å². The van der Waals surface area contributed by atoms with Crippen molar-refractivity contribution in [2.24, 2.45) is 5.73 Å². The standard InChI is InChI=1S/C13H18N2O/c1-2-16-12-7-3-6-11-10(5-4-8-14)9-15-13(11)12/h3,6-7,9,15H,2,4-5,8,14H2,1H3. The molecule has 86 valence electrons. The summed E-state index contributed by atoms with van der Waals surface area (Å²) in [6.07, 6.45) is 4.10. The third kappa shape index (κ3) is 2.04. The summed E-state index contributed by atoms with van der Waals surface area (Å²) >= 11 is 0. The van der Waals surface area contributed by atoms with Crippen LogP contribution in [0.1, 0.15) is 18.9 Å². The first kappa shape index (κ1) is 11.0. The van der Waals surface area contributed by atoms with Gasteiger partial charge >= 0.3 is 0 Å². The number of para-hydroxylation sites is 1. The van der Waals surface area contributed by atoms with Gasteiger partial charge in [-0.15, -0.1) is 0 Å². The van der Waals surface area contributed by atoms with Gasteiger partial charge in [0.15, 0.2) is 0 Å². The lowest BCUT2D eigenvalue weighted by Crippen LogP contribution is -1.99. The van der Waals surface area contributed by atoms with Crippen LogP contribution < -0.4 is 10.5 Å². The molecule has 3 heteroatoms. The molecule has 3 nitrogen and oxygen atoms in total.